The van der Waals surface area contributed by atoms with Gasteiger partial charge in [-0.1, -0.05) is 54.2 Å². The number of nitrogens with zero attached hydrogens (tertiary/aromatic N) is 2. The Morgan fingerprint density at radius 1 is 1.03 bits per heavy atom. The van der Waals surface area contributed by atoms with Crippen LogP contribution in [0, 0.1) is 6.92 Å². The summed E-state index contributed by atoms with van der Waals surface area (Å²) in [6, 6.07) is 16.6. The molecule has 162 valence electrons. The Bertz CT molecular complexity index is 1010. The minimum atomic E-state index is -4.39. The van der Waals surface area contributed by atoms with E-state index >= 15 is 0 Å². The Kier molecular flexibility index (Phi) is 7.68. The normalized spacial score (nSPS) is 11.4. The summed E-state index contributed by atoms with van der Waals surface area (Å²) >= 11 is 1.27. The Balaban J connectivity index is 1.52. The van der Waals surface area contributed by atoms with Gasteiger partial charge in [0.25, 0.3) is 0 Å². The van der Waals surface area contributed by atoms with Gasteiger partial charge in [-0.2, -0.15) is 13.2 Å². The molecule has 1 heterocycles. The van der Waals surface area contributed by atoms with Crippen LogP contribution < -0.4 is 5.32 Å². The lowest BCUT2D eigenvalue weighted by atomic mass is 10.1. The van der Waals surface area contributed by atoms with E-state index in [2.05, 4.69) is 27.4 Å². The monoisotopic (exact) mass is 445 g/mol. The number of alkyl halides is 3. The van der Waals surface area contributed by atoms with Crippen LogP contribution in [0.4, 0.5) is 13.2 Å². The zero-order valence-corrected chi connectivity index (χ0v) is 17.8. The summed E-state index contributed by atoms with van der Waals surface area (Å²) in [7, 11) is 0. The van der Waals surface area contributed by atoms with Crippen molar-refractivity contribution < 1.29 is 18.0 Å². The highest BCUT2D eigenvalue weighted by molar-refractivity contribution is 7.99. The highest BCUT2D eigenvalue weighted by Crippen LogP contribution is 2.30. The summed E-state index contributed by atoms with van der Waals surface area (Å²) in [5.41, 5.74) is 1.68. The van der Waals surface area contributed by atoms with Crippen LogP contribution in [0.2, 0.25) is 0 Å². The number of carbonyl (C=O) groups is 1. The molecule has 3 aromatic rings. The molecule has 0 unspecified atom stereocenters. The Morgan fingerprint density at radius 2 is 1.74 bits per heavy atom. The molecule has 0 radical (unpaired) electrons. The van der Waals surface area contributed by atoms with E-state index in [9.17, 15) is 18.0 Å². The Hall–Kier alpha value is -2.87. The van der Waals surface area contributed by atoms with Crippen LogP contribution >= 0.6 is 11.8 Å². The van der Waals surface area contributed by atoms with Crippen LogP contribution in [0.1, 0.15) is 23.2 Å². The molecule has 4 nitrogen and oxygen atoms in total. The van der Waals surface area contributed by atoms with Gasteiger partial charge < -0.3 is 5.32 Å². The van der Waals surface area contributed by atoms with Crippen LogP contribution in [-0.2, 0) is 17.4 Å². The highest BCUT2D eigenvalue weighted by atomic mass is 32.2. The predicted octanol–water partition coefficient (Wildman–Crippen LogP) is 5.31. The van der Waals surface area contributed by atoms with Gasteiger partial charge >= 0.3 is 6.18 Å². The summed E-state index contributed by atoms with van der Waals surface area (Å²) in [5.74, 6) is 0.443. The third-order valence-electron chi connectivity index (χ3n) is 4.46. The number of benzene rings is 2. The molecule has 1 N–H and O–H groups in total. The maximum Gasteiger partial charge on any atom is 0.416 e. The number of aryl methyl sites for hydroxylation is 2. The van der Waals surface area contributed by atoms with Crippen molar-refractivity contribution in [2.45, 2.75) is 31.0 Å². The number of halogens is 3. The number of amides is 1. The maximum absolute atomic E-state index is 12.8. The lowest BCUT2D eigenvalue weighted by molar-refractivity contribution is -0.137. The average Bonchev–Trinajstić information content (AvgIpc) is 2.75. The summed E-state index contributed by atoms with van der Waals surface area (Å²) in [6.45, 7) is 2.37. The molecule has 8 heteroatoms. The lowest BCUT2D eigenvalue weighted by Gasteiger charge is -2.09. The third-order valence-corrected chi connectivity index (χ3v) is 5.37. The SMILES string of the molecule is Cc1cc(SCC(=O)NCCCc2ccccc2)nc(-c2ccc(C(F)(F)F)cc2)n1. The Labute approximate surface area is 183 Å². The second-order valence-electron chi connectivity index (χ2n) is 6.97. The quantitative estimate of drug-likeness (QED) is 0.290. The fraction of sp³-hybridized carbons (Fsp3) is 0.261. The lowest BCUT2D eigenvalue weighted by Crippen LogP contribution is -2.26. The first kappa shape index (κ1) is 22.8. The summed E-state index contributed by atoms with van der Waals surface area (Å²) in [5, 5.41) is 3.49. The van der Waals surface area contributed by atoms with Gasteiger partial charge in [0, 0.05) is 17.8 Å². The number of thioether (sulfide) groups is 1. The first-order valence-corrected chi connectivity index (χ1v) is 10.8. The predicted molar refractivity (Wildman–Crippen MR) is 116 cm³/mol. The summed E-state index contributed by atoms with van der Waals surface area (Å²) < 4.78 is 38.3. The molecule has 0 saturated carbocycles. The molecule has 0 fully saturated rings. The van der Waals surface area contributed by atoms with Crippen molar-refractivity contribution in [2.24, 2.45) is 0 Å². The molecule has 0 saturated heterocycles. The van der Waals surface area contributed by atoms with Crippen molar-refractivity contribution in [3.63, 3.8) is 0 Å². The first-order valence-electron chi connectivity index (χ1n) is 9.78. The summed E-state index contributed by atoms with van der Waals surface area (Å²) in [4.78, 5) is 20.8. The van der Waals surface area contributed by atoms with Gasteiger partial charge in [-0.3, -0.25) is 4.79 Å². The van der Waals surface area contributed by atoms with Gasteiger partial charge in [0.15, 0.2) is 5.82 Å². The third kappa shape index (κ3) is 7.10. The molecule has 1 aromatic heterocycles. The summed E-state index contributed by atoms with van der Waals surface area (Å²) in [6.07, 6.45) is -2.64. The van der Waals surface area contributed by atoms with Gasteiger partial charge in [0.1, 0.15) is 5.03 Å². The minimum absolute atomic E-state index is 0.0922. The smallest absolute Gasteiger partial charge is 0.355 e. The van der Waals surface area contributed by atoms with Crippen molar-refractivity contribution in [3.8, 4) is 11.4 Å². The van der Waals surface area contributed by atoms with E-state index in [1.54, 1.807) is 13.0 Å². The van der Waals surface area contributed by atoms with E-state index in [0.29, 0.717) is 28.7 Å². The molecule has 0 aliphatic rings. The number of hydrogen-bond acceptors (Lipinski definition) is 4. The van der Waals surface area contributed by atoms with Gasteiger partial charge in [-0.25, -0.2) is 9.97 Å². The van der Waals surface area contributed by atoms with E-state index in [4.69, 9.17) is 0 Å². The molecule has 0 spiro atoms. The standard InChI is InChI=1S/C23H22F3N3OS/c1-16-14-21(29-22(28-16)18-9-11-19(12-10-18)23(24,25)26)31-15-20(30)27-13-5-8-17-6-3-2-4-7-17/h2-4,6-7,9-12,14H,5,8,13,15H2,1H3,(H,27,30). The van der Waals surface area contributed by atoms with Crippen LogP contribution in [0.3, 0.4) is 0 Å². The zero-order chi connectivity index (χ0) is 22.3. The molecule has 2 aromatic carbocycles. The highest BCUT2D eigenvalue weighted by Gasteiger charge is 2.30. The first-order chi connectivity index (χ1) is 14.8. The maximum atomic E-state index is 12.8. The second kappa shape index (κ2) is 10.4. The minimum Gasteiger partial charge on any atom is -0.355 e. The Morgan fingerprint density at radius 3 is 2.42 bits per heavy atom. The van der Waals surface area contributed by atoms with Crippen molar-refractivity contribution in [3.05, 3.63) is 77.5 Å². The molecule has 0 aliphatic carbocycles. The molecule has 1 amide bonds. The van der Waals surface area contributed by atoms with E-state index in [0.717, 1.165) is 25.0 Å². The average molecular weight is 446 g/mol. The number of hydrogen-bond donors (Lipinski definition) is 1. The molecular weight excluding hydrogens is 423 g/mol. The number of aromatic nitrogens is 2. The van der Waals surface area contributed by atoms with Crippen molar-refractivity contribution in [1.29, 1.82) is 0 Å². The second-order valence-corrected chi connectivity index (χ2v) is 7.97. The molecule has 0 bridgehead atoms. The van der Waals surface area contributed by atoms with Crippen molar-refractivity contribution >= 4 is 17.7 Å². The number of rotatable bonds is 8. The van der Waals surface area contributed by atoms with Crippen LogP contribution in [-0.4, -0.2) is 28.2 Å². The van der Waals surface area contributed by atoms with Gasteiger partial charge in [0.05, 0.1) is 11.3 Å². The molecular formula is C23H22F3N3OS. The molecule has 31 heavy (non-hydrogen) atoms. The van der Waals surface area contributed by atoms with Crippen LogP contribution in [0.15, 0.2) is 65.7 Å². The zero-order valence-electron chi connectivity index (χ0n) is 16.9. The fourth-order valence-corrected chi connectivity index (χ4v) is 3.69. The van der Waals surface area contributed by atoms with E-state index < -0.39 is 11.7 Å². The number of nitrogens with one attached hydrogen (secondary N) is 1. The van der Waals surface area contributed by atoms with Gasteiger partial charge in [-0.05, 0) is 43.5 Å². The molecule has 0 aliphatic heterocycles. The fourth-order valence-electron chi connectivity index (χ4n) is 2.91. The van der Waals surface area contributed by atoms with Gasteiger partial charge in [0.2, 0.25) is 5.91 Å². The van der Waals surface area contributed by atoms with Crippen LogP contribution in [0.25, 0.3) is 11.4 Å². The van der Waals surface area contributed by atoms with Crippen LogP contribution in [0.5, 0.6) is 0 Å². The van der Waals surface area contributed by atoms with Gasteiger partial charge in [-0.15, -0.1) is 0 Å². The van der Waals surface area contributed by atoms with Crippen molar-refractivity contribution in [2.75, 3.05) is 12.3 Å². The number of carbonyl (C=O) groups excluding carboxylic acids is 1. The molecule has 3 rings (SSSR count). The van der Waals surface area contributed by atoms with E-state index in [-0.39, 0.29) is 11.7 Å². The largest absolute Gasteiger partial charge is 0.416 e. The topological polar surface area (TPSA) is 54.9 Å². The van der Waals surface area contributed by atoms with Crippen molar-refractivity contribution in [1.82, 2.24) is 15.3 Å². The van der Waals surface area contributed by atoms with E-state index in [1.165, 1.54) is 29.5 Å². The molecule has 0 atom stereocenters. The van der Waals surface area contributed by atoms with E-state index in [1.807, 2.05) is 18.2 Å².